The zero-order valence-corrected chi connectivity index (χ0v) is 17.6. The molecule has 0 spiro atoms. The molecule has 1 atom stereocenters. The van der Waals surface area contributed by atoms with Gasteiger partial charge in [0, 0.05) is 38.6 Å². The minimum absolute atomic E-state index is 0. The lowest BCUT2D eigenvalue weighted by Crippen LogP contribution is -2.40. The third-order valence-electron chi connectivity index (χ3n) is 4.29. The molecule has 132 valence electrons. The standard InChI is InChI=1S/C16H28ClN5.HI/c1-5-18-16(19-10-14-7-6-8-20(14)2)22(4)12-15-9-13(17)11-21(15)3;/h9,11,14H,5-8,10,12H2,1-4H3,(H,18,19);1H. The molecule has 0 bridgehead atoms. The van der Waals surface area contributed by atoms with Crippen molar-refractivity contribution in [1.82, 2.24) is 19.7 Å². The summed E-state index contributed by atoms with van der Waals surface area (Å²) in [6.45, 7) is 5.81. The summed E-state index contributed by atoms with van der Waals surface area (Å²) in [6.07, 6.45) is 4.46. The quantitative estimate of drug-likeness (QED) is 0.423. The normalized spacial score (nSPS) is 18.8. The largest absolute Gasteiger partial charge is 0.357 e. The number of nitrogens with zero attached hydrogens (tertiary/aromatic N) is 4. The van der Waals surface area contributed by atoms with E-state index in [0.29, 0.717) is 6.04 Å². The van der Waals surface area contributed by atoms with E-state index in [2.05, 4.69) is 40.7 Å². The fraction of sp³-hybridized carbons (Fsp3) is 0.688. The van der Waals surface area contributed by atoms with E-state index in [1.165, 1.54) is 25.1 Å². The molecular formula is C16H29ClIN5. The van der Waals surface area contributed by atoms with E-state index in [4.69, 9.17) is 16.6 Å². The second-order valence-electron chi connectivity index (χ2n) is 6.09. The van der Waals surface area contributed by atoms with Crippen molar-refractivity contribution in [2.45, 2.75) is 32.4 Å². The number of guanidine groups is 1. The summed E-state index contributed by atoms with van der Waals surface area (Å²) in [7, 11) is 6.28. The molecule has 1 aromatic rings. The van der Waals surface area contributed by atoms with Crippen LogP contribution in [0.4, 0.5) is 0 Å². The lowest BCUT2D eigenvalue weighted by molar-refractivity contribution is 0.316. The second kappa shape index (κ2) is 9.74. The first-order valence-electron chi connectivity index (χ1n) is 8.01. The molecular weight excluding hydrogens is 425 g/mol. The van der Waals surface area contributed by atoms with Crippen LogP contribution in [0.5, 0.6) is 0 Å². The molecule has 2 heterocycles. The average Bonchev–Trinajstić information content (AvgIpc) is 3.00. The van der Waals surface area contributed by atoms with Crippen molar-refractivity contribution in [2.75, 3.05) is 33.7 Å². The fourth-order valence-electron chi connectivity index (χ4n) is 2.91. The molecule has 2 rings (SSSR count). The first-order valence-corrected chi connectivity index (χ1v) is 8.39. The van der Waals surface area contributed by atoms with Crippen molar-refractivity contribution in [2.24, 2.45) is 12.0 Å². The van der Waals surface area contributed by atoms with Gasteiger partial charge in [-0.25, -0.2) is 0 Å². The number of hydrogen-bond acceptors (Lipinski definition) is 2. The third-order valence-corrected chi connectivity index (χ3v) is 4.50. The summed E-state index contributed by atoms with van der Waals surface area (Å²) in [5.41, 5.74) is 1.18. The summed E-state index contributed by atoms with van der Waals surface area (Å²) in [4.78, 5) is 9.39. The Morgan fingerprint density at radius 2 is 2.22 bits per heavy atom. The zero-order valence-electron chi connectivity index (χ0n) is 14.5. The molecule has 1 fully saturated rings. The predicted molar refractivity (Wildman–Crippen MR) is 109 cm³/mol. The summed E-state index contributed by atoms with van der Waals surface area (Å²) in [5.74, 6) is 0.958. The van der Waals surface area contributed by atoms with Gasteiger partial charge in [-0.2, -0.15) is 0 Å². The zero-order chi connectivity index (χ0) is 16.1. The molecule has 0 amide bonds. The van der Waals surface area contributed by atoms with Crippen LogP contribution in [0.15, 0.2) is 17.3 Å². The molecule has 7 heteroatoms. The molecule has 1 aliphatic heterocycles. The van der Waals surface area contributed by atoms with Gasteiger partial charge >= 0.3 is 0 Å². The number of likely N-dealkylation sites (tertiary alicyclic amines) is 1. The van der Waals surface area contributed by atoms with Gasteiger partial charge < -0.3 is 19.7 Å². The maximum Gasteiger partial charge on any atom is 0.194 e. The van der Waals surface area contributed by atoms with Crippen LogP contribution in [0.3, 0.4) is 0 Å². The Bertz CT molecular complexity index is 517. The summed E-state index contributed by atoms with van der Waals surface area (Å²) >= 11 is 6.06. The van der Waals surface area contributed by atoms with Crippen molar-refractivity contribution >= 4 is 41.5 Å². The number of aryl methyl sites for hydroxylation is 1. The SMILES string of the molecule is CCNC(=NCC1CCCN1C)N(C)Cc1cc(Cl)cn1C.I. The highest BCUT2D eigenvalue weighted by Crippen LogP contribution is 2.16. The molecule has 5 nitrogen and oxygen atoms in total. The first-order chi connectivity index (χ1) is 10.5. The van der Waals surface area contributed by atoms with Crippen molar-refractivity contribution in [3.05, 3.63) is 23.0 Å². The molecule has 1 N–H and O–H groups in total. The van der Waals surface area contributed by atoms with Crippen molar-refractivity contribution in [3.63, 3.8) is 0 Å². The summed E-state index contributed by atoms with van der Waals surface area (Å²) < 4.78 is 2.06. The van der Waals surface area contributed by atoms with Crippen LogP contribution in [0.25, 0.3) is 0 Å². The highest BCUT2D eigenvalue weighted by Gasteiger charge is 2.20. The number of halogens is 2. The van der Waals surface area contributed by atoms with E-state index in [1.54, 1.807) is 0 Å². The Morgan fingerprint density at radius 3 is 2.74 bits per heavy atom. The van der Waals surface area contributed by atoms with Gasteiger partial charge in [-0.05, 0) is 39.4 Å². The monoisotopic (exact) mass is 453 g/mol. The molecule has 1 unspecified atom stereocenters. The van der Waals surface area contributed by atoms with E-state index >= 15 is 0 Å². The van der Waals surface area contributed by atoms with E-state index in [9.17, 15) is 0 Å². The van der Waals surface area contributed by atoms with Crippen LogP contribution in [0.2, 0.25) is 5.02 Å². The number of likely N-dealkylation sites (N-methyl/N-ethyl adjacent to an activating group) is 1. The lowest BCUT2D eigenvalue weighted by atomic mass is 10.2. The Hall–Kier alpha value is -0.470. The van der Waals surface area contributed by atoms with E-state index < -0.39 is 0 Å². The number of hydrogen-bond donors (Lipinski definition) is 1. The van der Waals surface area contributed by atoms with Gasteiger partial charge in [0.1, 0.15) is 0 Å². The number of aliphatic imine (C=N–C) groups is 1. The van der Waals surface area contributed by atoms with E-state index in [-0.39, 0.29) is 24.0 Å². The van der Waals surface area contributed by atoms with Gasteiger partial charge in [0.05, 0.1) is 18.1 Å². The van der Waals surface area contributed by atoms with Gasteiger partial charge in [-0.15, -0.1) is 24.0 Å². The molecule has 0 aliphatic carbocycles. The molecule has 0 saturated carbocycles. The number of aromatic nitrogens is 1. The first kappa shape index (κ1) is 20.6. The van der Waals surface area contributed by atoms with Crippen LogP contribution in [0, 0.1) is 0 Å². The Kier molecular flexibility index (Phi) is 8.71. The topological polar surface area (TPSA) is 35.8 Å². The Labute approximate surface area is 162 Å². The molecule has 1 aromatic heterocycles. The average molecular weight is 454 g/mol. The van der Waals surface area contributed by atoms with Crippen molar-refractivity contribution < 1.29 is 0 Å². The molecule has 1 saturated heterocycles. The smallest absolute Gasteiger partial charge is 0.194 e. The van der Waals surface area contributed by atoms with Crippen LogP contribution in [-0.4, -0.2) is 60.1 Å². The second-order valence-corrected chi connectivity index (χ2v) is 6.52. The predicted octanol–water partition coefficient (Wildman–Crippen LogP) is 2.79. The highest BCUT2D eigenvalue weighted by molar-refractivity contribution is 14.0. The number of nitrogens with one attached hydrogen (secondary N) is 1. The van der Waals surface area contributed by atoms with Gasteiger partial charge in [-0.3, -0.25) is 4.99 Å². The maximum absolute atomic E-state index is 6.06. The summed E-state index contributed by atoms with van der Waals surface area (Å²) in [5, 5.41) is 4.16. The van der Waals surface area contributed by atoms with Gasteiger partial charge in [-0.1, -0.05) is 11.6 Å². The molecule has 1 aliphatic rings. The summed E-state index contributed by atoms with van der Waals surface area (Å²) in [6, 6.07) is 2.58. The van der Waals surface area contributed by atoms with Crippen LogP contribution in [0.1, 0.15) is 25.5 Å². The highest BCUT2D eigenvalue weighted by atomic mass is 127. The van der Waals surface area contributed by atoms with E-state index in [1.807, 2.05) is 19.3 Å². The van der Waals surface area contributed by atoms with Crippen LogP contribution >= 0.6 is 35.6 Å². The molecule has 0 radical (unpaired) electrons. The van der Waals surface area contributed by atoms with Crippen LogP contribution in [-0.2, 0) is 13.6 Å². The minimum atomic E-state index is 0. The van der Waals surface area contributed by atoms with Crippen LogP contribution < -0.4 is 5.32 Å². The molecule has 0 aromatic carbocycles. The van der Waals surface area contributed by atoms with Gasteiger partial charge in [0.25, 0.3) is 0 Å². The van der Waals surface area contributed by atoms with Crippen molar-refractivity contribution in [1.29, 1.82) is 0 Å². The molecule has 23 heavy (non-hydrogen) atoms. The third kappa shape index (κ3) is 5.83. The Morgan fingerprint density at radius 1 is 1.48 bits per heavy atom. The van der Waals surface area contributed by atoms with Gasteiger partial charge in [0.15, 0.2) is 5.96 Å². The number of rotatable bonds is 5. The lowest BCUT2D eigenvalue weighted by Gasteiger charge is -2.24. The fourth-order valence-corrected chi connectivity index (χ4v) is 3.19. The minimum Gasteiger partial charge on any atom is -0.357 e. The maximum atomic E-state index is 6.06. The Balaban J connectivity index is 0.00000264. The van der Waals surface area contributed by atoms with Crippen molar-refractivity contribution in [3.8, 4) is 0 Å². The van der Waals surface area contributed by atoms with E-state index in [0.717, 1.165) is 30.6 Å². The van der Waals surface area contributed by atoms with Gasteiger partial charge in [0.2, 0.25) is 0 Å².